The van der Waals surface area contributed by atoms with Crippen LogP contribution in [0.3, 0.4) is 0 Å². The number of hydrogen-bond donors (Lipinski definition) is 2. The Labute approximate surface area is 162 Å². The molecule has 27 heavy (non-hydrogen) atoms. The Hall–Kier alpha value is -1.71. The van der Waals surface area contributed by atoms with Gasteiger partial charge in [-0.25, -0.2) is 0 Å². The van der Waals surface area contributed by atoms with Gasteiger partial charge in [0.1, 0.15) is 17.1 Å². The van der Waals surface area contributed by atoms with Gasteiger partial charge in [0.05, 0.1) is 0 Å². The molecule has 2 aliphatic rings. The Morgan fingerprint density at radius 3 is 2.04 bits per heavy atom. The average Bonchev–Trinajstić information content (AvgIpc) is 3.54. The second kappa shape index (κ2) is 8.53. The summed E-state index contributed by atoms with van der Waals surface area (Å²) in [5.41, 5.74) is 2.29. The zero-order valence-corrected chi connectivity index (χ0v) is 16.6. The molecule has 4 heteroatoms. The SMILES string of the molecule is CC1(CCCCCc2cc(CCCCC3(OC=O)CC3)c(O)cc2O)CC1. The molecule has 2 fully saturated rings. The van der Waals surface area contributed by atoms with E-state index in [2.05, 4.69) is 6.92 Å². The van der Waals surface area contributed by atoms with Crippen LogP contribution in [0.1, 0.15) is 88.7 Å². The van der Waals surface area contributed by atoms with Gasteiger partial charge in [-0.2, -0.15) is 0 Å². The Morgan fingerprint density at radius 2 is 1.48 bits per heavy atom. The maximum atomic E-state index is 10.5. The molecule has 1 aromatic rings. The van der Waals surface area contributed by atoms with Crippen LogP contribution in [-0.4, -0.2) is 22.3 Å². The monoisotopic (exact) mass is 374 g/mol. The van der Waals surface area contributed by atoms with E-state index in [1.165, 1.54) is 38.2 Å². The fraction of sp³-hybridized carbons (Fsp3) is 0.696. The second-order valence-corrected chi connectivity index (χ2v) is 9.09. The number of carbonyl (C=O) groups is 1. The summed E-state index contributed by atoms with van der Waals surface area (Å²) in [4.78, 5) is 10.5. The quantitative estimate of drug-likeness (QED) is 0.357. The van der Waals surface area contributed by atoms with Gasteiger partial charge in [0, 0.05) is 6.07 Å². The summed E-state index contributed by atoms with van der Waals surface area (Å²) < 4.78 is 5.18. The summed E-state index contributed by atoms with van der Waals surface area (Å²) in [5, 5.41) is 20.3. The first-order chi connectivity index (χ1) is 13.0. The minimum Gasteiger partial charge on any atom is -0.508 e. The van der Waals surface area contributed by atoms with Gasteiger partial charge in [0.2, 0.25) is 0 Å². The molecule has 2 saturated carbocycles. The highest BCUT2D eigenvalue weighted by Gasteiger charge is 2.44. The fourth-order valence-electron chi connectivity index (χ4n) is 4.01. The molecule has 1 aromatic carbocycles. The summed E-state index contributed by atoms with van der Waals surface area (Å²) in [7, 11) is 0. The lowest BCUT2D eigenvalue weighted by Crippen LogP contribution is -2.12. The van der Waals surface area contributed by atoms with E-state index >= 15 is 0 Å². The van der Waals surface area contributed by atoms with Crippen molar-refractivity contribution in [2.75, 3.05) is 0 Å². The van der Waals surface area contributed by atoms with Crippen LogP contribution in [0.2, 0.25) is 0 Å². The second-order valence-electron chi connectivity index (χ2n) is 9.09. The minimum atomic E-state index is -0.193. The van der Waals surface area contributed by atoms with Crippen LogP contribution in [0, 0.1) is 5.41 Å². The van der Waals surface area contributed by atoms with Crippen molar-refractivity contribution >= 4 is 6.47 Å². The van der Waals surface area contributed by atoms with Crippen molar-refractivity contribution < 1.29 is 19.7 Å². The first kappa shape index (κ1) is 20.0. The highest BCUT2D eigenvalue weighted by molar-refractivity contribution is 5.45. The molecule has 150 valence electrons. The van der Waals surface area contributed by atoms with Gasteiger partial charge < -0.3 is 14.9 Å². The highest BCUT2D eigenvalue weighted by Crippen LogP contribution is 2.49. The molecule has 0 amide bonds. The standard InChI is InChI=1S/C23H34O4/c1-22(11-12-22)9-5-2-3-7-18-15-19(21(26)16-20(18)25)8-4-6-10-23(13-14-23)27-17-24/h15-17,25-26H,2-14H2,1H3. The maximum Gasteiger partial charge on any atom is 0.293 e. The Balaban J connectivity index is 1.41. The molecule has 0 bridgehead atoms. The van der Waals surface area contributed by atoms with Gasteiger partial charge in [0.15, 0.2) is 0 Å². The minimum absolute atomic E-state index is 0.184. The van der Waals surface area contributed by atoms with Crippen LogP contribution in [0.5, 0.6) is 11.5 Å². The predicted molar refractivity (Wildman–Crippen MR) is 106 cm³/mol. The molecule has 2 N–H and O–H groups in total. The Kier molecular flexibility index (Phi) is 6.33. The van der Waals surface area contributed by atoms with E-state index in [1.54, 1.807) is 0 Å². The number of carbonyl (C=O) groups excluding carboxylic acids is 1. The van der Waals surface area contributed by atoms with Gasteiger partial charge in [-0.3, -0.25) is 4.79 Å². The summed E-state index contributed by atoms with van der Waals surface area (Å²) >= 11 is 0. The van der Waals surface area contributed by atoms with Gasteiger partial charge >= 0.3 is 0 Å². The van der Waals surface area contributed by atoms with E-state index in [0.29, 0.717) is 11.9 Å². The van der Waals surface area contributed by atoms with Gasteiger partial charge in [-0.1, -0.05) is 19.8 Å². The lowest BCUT2D eigenvalue weighted by atomic mass is 9.97. The molecule has 0 saturated heterocycles. The summed E-state index contributed by atoms with van der Waals surface area (Å²) in [6, 6.07) is 3.47. The van der Waals surface area contributed by atoms with Crippen LogP contribution in [0.4, 0.5) is 0 Å². The van der Waals surface area contributed by atoms with Crippen molar-refractivity contribution in [3.05, 3.63) is 23.3 Å². The van der Waals surface area contributed by atoms with E-state index in [4.69, 9.17) is 4.74 Å². The molecule has 3 rings (SSSR count). The molecular weight excluding hydrogens is 340 g/mol. The van der Waals surface area contributed by atoms with E-state index in [0.717, 1.165) is 62.5 Å². The first-order valence-electron chi connectivity index (χ1n) is 10.6. The number of aryl methyl sites for hydroxylation is 2. The van der Waals surface area contributed by atoms with E-state index in [9.17, 15) is 15.0 Å². The third-order valence-corrected chi connectivity index (χ3v) is 6.54. The van der Waals surface area contributed by atoms with Crippen LogP contribution in [-0.2, 0) is 22.4 Å². The van der Waals surface area contributed by atoms with Crippen molar-refractivity contribution in [1.82, 2.24) is 0 Å². The van der Waals surface area contributed by atoms with Crippen LogP contribution < -0.4 is 0 Å². The highest BCUT2D eigenvalue weighted by atomic mass is 16.5. The number of rotatable bonds is 13. The smallest absolute Gasteiger partial charge is 0.293 e. The number of benzene rings is 1. The van der Waals surface area contributed by atoms with E-state index < -0.39 is 0 Å². The van der Waals surface area contributed by atoms with E-state index in [1.807, 2.05) is 6.07 Å². The molecule has 0 aromatic heterocycles. The number of ether oxygens (including phenoxy) is 1. The molecule has 4 nitrogen and oxygen atoms in total. The zero-order chi connectivity index (χ0) is 19.3. The molecular formula is C23H34O4. The lowest BCUT2D eigenvalue weighted by Gasteiger charge is -2.13. The van der Waals surface area contributed by atoms with Gasteiger partial charge in [0.25, 0.3) is 6.47 Å². The largest absolute Gasteiger partial charge is 0.508 e. The fourth-order valence-corrected chi connectivity index (χ4v) is 4.01. The van der Waals surface area contributed by atoms with Gasteiger partial charge in [-0.05, 0) is 93.2 Å². The lowest BCUT2D eigenvalue weighted by molar-refractivity contribution is -0.135. The Morgan fingerprint density at radius 1 is 0.889 bits per heavy atom. The van der Waals surface area contributed by atoms with Crippen LogP contribution >= 0.6 is 0 Å². The zero-order valence-electron chi connectivity index (χ0n) is 16.6. The van der Waals surface area contributed by atoms with Crippen molar-refractivity contribution in [2.24, 2.45) is 5.41 Å². The summed E-state index contributed by atoms with van der Waals surface area (Å²) in [6.07, 6.45) is 14.1. The molecule has 0 atom stereocenters. The number of phenols is 2. The molecule has 0 spiro atoms. The van der Waals surface area contributed by atoms with Crippen LogP contribution in [0.25, 0.3) is 0 Å². The predicted octanol–water partition coefficient (Wildman–Crippen LogP) is 5.42. The normalized spacial score (nSPS) is 18.9. The average molecular weight is 375 g/mol. The van der Waals surface area contributed by atoms with E-state index in [-0.39, 0.29) is 17.1 Å². The number of hydrogen-bond acceptors (Lipinski definition) is 4. The first-order valence-corrected chi connectivity index (χ1v) is 10.6. The molecule has 0 aliphatic heterocycles. The van der Waals surface area contributed by atoms with Crippen molar-refractivity contribution in [2.45, 2.75) is 96.0 Å². The molecule has 0 radical (unpaired) electrons. The molecule has 0 heterocycles. The number of phenolic OH excluding ortho intramolecular Hbond substituents is 2. The van der Waals surface area contributed by atoms with Crippen molar-refractivity contribution in [3.8, 4) is 11.5 Å². The topological polar surface area (TPSA) is 66.8 Å². The number of aromatic hydroxyl groups is 2. The van der Waals surface area contributed by atoms with Crippen LogP contribution in [0.15, 0.2) is 12.1 Å². The third-order valence-electron chi connectivity index (χ3n) is 6.54. The van der Waals surface area contributed by atoms with Gasteiger partial charge in [-0.15, -0.1) is 0 Å². The summed E-state index contributed by atoms with van der Waals surface area (Å²) in [6.45, 7) is 2.94. The van der Waals surface area contributed by atoms with Crippen molar-refractivity contribution in [3.63, 3.8) is 0 Å². The maximum absolute atomic E-state index is 10.5. The Bertz CT molecular complexity index is 644. The molecule has 0 unspecified atom stereocenters. The molecule has 2 aliphatic carbocycles. The number of unbranched alkanes of at least 4 members (excludes halogenated alkanes) is 3. The summed E-state index contributed by atoms with van der Waals surface area (Å²) in [5.74, 6) is 0.393. The van der Waals surface area contributed by atoms with Crippen molar-refractivity contribution in [1.29, 1.82) is 0 Å². The third kappa shape index (κ3) is 5.88.